The van der Waals surface area contributed by atoms with Crippen molar-refractivity contribution in [3.8, 4) is 0 Å². The molecule has 2 fully saturated rings. The number of imide groups is 1. The highest BCUT2D eigenvalue weighted by atomic mass is 16.2. The molecule has 1 aromatic carbocycles. The minimum atomic E-state index is -0.872. The number of anilines is 2. The van der Waals surface area contributed by atoms with Gasteiger partial charge in [0.2, 0.25) is 11.8 Å². The number of nitrogens with zero attached hydrogens (tertiary/aromatic N) is 2. The van der Waals surface area contributed by atoms with Crippen LogP contribution >= 0.6 is 0 Å². The van der Waals surface area contributed by atoms with Crippen LogP contribution in [0, 0.1) is 5.92 Å². The van der Waals surface area contributed by atoms with Crippen LogP contribution in [-0.4, -0.2) is 46.8 Å². The van der Waals surface area contributed by atoms with E-state index in [0.717, 1.165) is 24.2 Å². The van der Waals surface area contributed by atoms with Crippen LogP contribution in [0.5, 0.6) is 0 Å². The fraction of sp³-hybridized carbons (Fsp3) is 0.545. The number of amides is 5. The van der Waals surface area contributed by atoms with E-state index in [-0.39, 0.29) is 30.7 Å². The van der Waals surface area contributed by atoms with Gasteiger partial charge in [0.25, 0.3) is 5.91 Å². The van der Waals surface area contributed by atoms with Gasteiger partial charge in [-0.3, -0.25) is 19.3 Å². The molecule has 0 unspecified atom stereocenters. The van der Waals surface area contributed by atoms with Crippen LogP contribution in [0.4, 0.5) is 16.2 Å². The topological polar surface area (TPSA) is 98.8 Å². The van der Waals surface area contributed by atoms with Gasteiger partial charge < -0.3 is 15.5 Å². The molecule has 0 aromatic heterocycles. The largest absolute Gasteiger partial charge is 0.325 e. The molecule has 1 aliphatic carbocycles. The zero-order valence-corrected chi connectivity index (χ0v) is 17.4. The second kappa shape index (κ2) is 7.74. The van der Waals surface area contributed by atoms with Crippen molar-refractivity contribution in [3.05, 3.63) is 24.3 Å². The van der Waals surface area contributed by atoms with Crippen LogP contribution < -0.4 is 15.5 Å². The molecular weight excluding hydrogens is 384 g/mol. The van der Waals surface area contributed by atoms with Crippen LogP contribution in [0.2, 0.25) is 0 Å². The van der Waals surface area contributed by atoms with Crippen molar-refractivity contribution in [1.82, 2.24) is 10.2 Å². The van der Waals surface area contributed by atoms with Gasteiger partial charge >= 0.3 is 6.03 Å². The van der Waals surface area contributed by atoms with Gasteiger partial charge in [-0.15, -0.1) is 0 Å². The number of rotatable bonds is 3. The first-order valence-corrected chi connectivity index (χ1v) is 10.7. The Labute approximate surface area is 176 Å². The van der Waals surface area contributed by atoms with E-state index in [2.05, 4.69) is 17.6 Å². The molecule has 2 heterocycles. The molecule has 0 bridgehead atoms. The van der Waals surface area contributed by atoms with Crippen LogP contribution in [0.3, 0.4) is 0 Å². The minimum Gasteiger partial charge on any atom is -0.324 e. The van der Waals surface area contributed by atoms with E-state index in [0.29, 0.717) is 30.1 Å². The third-order valence-electron chi connectivity index (χ3n) is 6.70. The molecule has 1 atom stereocenters. The van der Waals surface area contributed by atoms with Crippen LogP contribution in [-0.2, 0) is 14.4 Å². The maximum atomic E-state index is 13.3. The first-order chi connectivity index (χ1) is 14.3. The molecule has 0 radical (unpaired) electrons. The van der Waals surface area contributed by atoms with E-state index in [4.69, 9.17) is 0 Å². The highest BCUT2D eigenvalue weighted by Crippen LogP contribution is 2.38. The second-order valence-electron chi connectivity index (χ2n) is 8.64. The zero-order valence-electron chi connectivity index (χ0n) is 17.4. The predicted molar refractivity (Wildman–Crippen MR) is 112 cm³/mol. The summed E-state index contributed by atoms with van der Waals surface area (Å²) in [5, 5.41) is 5.68. The van der Waals surface area contributed by atoms with Crippen molar-refractivity contribution < 1.29 is 19.2 Å². The van der Waals surface area contributed by atoms with Gasteiger partial charge in [0.1, 0.15) is 12.1 Å². The highest BCUT2D eigenvalue weighted by molar-refractivity contribution is 6.11. The summed E-state index contributed by atoms with van der Waals surface area (Å²) in [5.74, 6) is -0.281. The Bertz CT molecular complexity index is 891. The molecule has 30 heavy (non-hydrogen) atoms. The first-order valence-electron chi connectivity index (χ1n) is 10.7. The summed E-state index contributed by atoms with van der Waals surface area (Å²) in [6.07, 6.45) is 4.23. The molecule has 1 saturated heterocycles. The van der Waals surface area contributed by atoms with Gasteiger partial charge in [-0.1, -0.05) is 25.5 Å². The van der Waals surface area contributed by atoms with Gasteiger partial charge in [0.05, 0.1) is 11.4 Å². The summed E-state index contributed by atoms with van der Waals surface area (Å²) in [6.45, 7) is 3.60. The molecule has 8 heteroatoms. The van der Waals surface area contributed by atoms with Gasteiger partial charge in [0, 0.05) is 12.5 Å². The average Bonchev–Trinajstić information content (AvgIpc) is 2.85. The molecule has 1 spiro atoms. The highest BCUT2D eigenvalue weighted by Gasteiger charge is 2.53. The summed E-state index contributed by atoms with van der Waals surface area (Å²) in [4.78, 5) is 53.8. The fourth-order valence-electron chi connectivity index (χ4n) is 4.92. The Kier molecular flexibility index (Phi) is 5.26. The molecule has 2 aliphatic heterocycles. The van der Waals surface area contributed by atoms with E-state index in [1.54, 1.807) is 31.2 Å². The van der Waals surface area contributed by atoms with Crippen molar-refractivity contribution in [2.75, 3.05) is 16.8 Å². The number of hydrogen-bond donors (Lipinski definition) is 2. The molecule has 160 valence electrons. The summed E-state index contributed by atoms with van der Waals surface area (Å²) in [5.41, 5.74) is 0.251. The molecule has 3 aliphatic rings. The molecule has 8 nitrogen and oxygen atoms in total. The maximum Gasteiger partial charge on any atom is 0.325 e. The van der Waals surface area contributed by atoms with Crippen molar-refractivity contribution >= 4 is 35.1 Å². The Hall–Kier alpha value is -2.90. The number of fused-ring (bicyclic) bond motifs is 1. The van der Waals surface area contributed by atoms with Gasteiger partial charge in [0.15, 0.2) is 0 Å². The number of carbonyl (C=O) groups is 4. The van der Waals surface area contributed by atoms with Crippen molar-refractivity contribution in [2.45, 2.75) is 64.0 Å². The monoisotopic (exact) mass is 412 g/mol. The molecule has 1 saturated carbocycles. The lowest BCUT2D eigenvalue weighted by atomic mass is 9.75. The molecule has 4 rings (SSSR count). The summed E-state index contributed by atoms with van der Waals surface area (Å²) >= 11 is 0. The van der Waals surface area contributed by atoms with E-state index >= 15 is 0 Å². The predicted octanol–water partition coefficient (Wildman–Crippen LogP) is 2.64. The normalized spacial score (nSPS) is 28.8. The Balaban J connectivity index is 1.54. The average molecular weight is 412 g/mol. The number of benzene rings is 1. The number of carbonyl (C=O) groups excluding carboxylic acids is 4. The lowest BCUT2D eigenvalue weighted by Gasteiger charge is -2.34. The van der Waals surface area contributed by atoms with Gasteiger partial charge in [-0.2, -0.15) is 0 Å². The summed E-state index contributed by atoms with van der Waals surface area (Å²) < 4.78 is 0. The van der Waals surface area contributed by atoms with Crippen LogP contribution in [0.25, 0.3) is 0 Å². The van der Waals surface area contributed by atoms with Crippen LogP contribution in [0.15, 0.2) is 24.3 Å². The van der Waals surface area contributed by atoms with Crippen molar-refractivity contribution in [2.24, 2.45) is 5.92 Å². The van der Waals surface area contributed by atoms with E-state index in [1.165, 1.54) is 4.90 Å². The lowest BCUT2D eigenvalue weighted by molar-refractivity contribution is -0.135. The molecule has 5 amide bonds. The summed E-state index contributed by atoms with van der Waals surface area (Å²) in [6, 6.07) is 6.17. The lowest BCUT2D eigenvalue weighted by Crippen LogP contribution is -2.50. The van der Waals surface area contributed by atoms with Gasteiger partial charge in [-0.05, 0) is 50.7 Å². The van der Waals surface area contributed by atoms with Crippen LogP contribution in [0.1, 0.15) is 52.4 Å². The van der Waals surface area contributed by atoms with Crippen molar-refractivity contribution in [3.63, 3.8) is 0 Å². The third kappa shape index (κ3) is 3.44. The zero-order chi connectivity index (χ0) is 21.5. The quantitative estimate of drug-likeness (QED) is 0.746. The fourth-order valence-corrected chi connectivity index (χ4v) is 4.92. The van der Waals surface area contributed by atoms with Crippen molar-refractivity contribution in [1.29, 1.82) is 0 Å². The standard InChI is InChI=1S/C22H28N4O4/c1-3-15-8-10-22(11-9-15)20(29)25(21(30)24-22)13-19(28)26-14(2)12-18(27)23-16-6-4-5-7-17(16)26/h4-7,14-15H,3,8-13H2,1-2H3,(H,23,27)(H,24,30)/t14-,15?,22?/m0/s1. The molecule has 1 aromatic rings. The number of hydrogen-bond acceptors (Lipinski definition) is 4. The molecular formula is C22H28N4O4. The first kappa shape index (κ1) is 20.4. The number of nitrogens with one attached hydrogen (secondary N) is 2. The third-order valence-corrected chi connectivity index (χ3v) is 6.70. The smallest absolute Gasteiger partial charge is 0.324 e. The molecule has 2 N–H and O–H groups in total. The van der Waals surface area contributed by atoms with Gasteiger partial charge in [-0.25, -0.2) is 4.79 Å². The van der Waals surface area contributed by atoms with E-state index < -0.39 is 17.6 Å². The van der Waals surface area contributed by atoms with E-state index in [1.807, 2.05) is 0 Å². The number of urea groups is 1. The Morgan fingerprint density at radius 2 is 1.87 bits per heavy atom. The summed E-state index contributed by atoms with van der Waals surface area (Å²) in [7, 11) is 0. The minimum absolute atomic E-state index is 0.142. The van der Waals surface area contributed by atoms with E-state index in [9.17, 15) is 19.2 Å². The Morgan fingerprint density at radius 3 is 2.57 bits per heavy atom. The second-order valence-corrected chi connectivity index (χ2v) is 8.64. The Morgan fingerprint density at radius 1 is 1.17 bits per heavy atom. The maximum absolute atomic E-state index is 13.3. The SMILES string of the molecule is CCC1CCC2(CC1)NC(=O)N(CC(=O)N1c3ccccc3NC(=O)C[C@@H]1C)C2=O. The number of para-hydroxylation sites is 2.